The number of aliphatic imine (C=N–C) groups is 1. The zero-order valence-electron chi connectivity index (χ0n) is 11.0. The van der Waals surface area contributed by atoms with Gasteiger partial charge in [-0.15, -0.1) is 0 Å². The number of hydrogen-bond acceptors (Lipinski definition) is 5. The number of benzene rings is 1. The van der Waals surface area contributed by atoms with Crippen LogP contribution in [0.5, 0.6) is 5.75 Å². The van der Waals surface area contributed by atoms with Crippen molar-refractivity contribution in [3.05, 3.63) is 24.4 Å². The Morgan fingerprint density at radius 3 is 2.79 bits per heavy atom. The van der Waals surface area contributed by atoms with Crippen LogP contribution in [0.25, 0.3) is 0 Å². The van der Waals surface area contributed by atoms with Crippen molar-refractivity contribution >= 4 is 23.3 Å². The SMILES string of the molecule is C=C1C=Nc2cc(N3CCOCC3)cc(O)c2N1C. The van der Waals surface area contributed by atoms with Crippen molar-refractivity contribution in [3.8, 4) is 5.75 Å². The fraction of sp³-hybridized carbons (Fsp3) is 0.357. The molecule has 0 bridgehead atoms. The topological polar surface area (TPSA) is 48.3 Å². The van der Waals surface area contributed by atoms with Gasteiger partial charge in [-0.2, -0.15) is 0 Å². The summed E-state index contributed by atoms with van der Waals surface area (Å²) in [6.45, 7) is 7.00. The molecule has 5 heteroatoms. The summed E-state index contributed by atoms with van der Waals surface area (Å²) in [5.74, 6) is 0.236. The molecule has 0 spiro atoms. The zero-order chi connectivity index (χ0) is 13.4. The second-order valence-electron chi connectivity index (χ2n) is 4.74. The number of allylic oxidation sites excluding steroid dienone is 1. The van der Waals surface area contributed by atoms with Crippen LogP contribution in [-0.4, -0.2) is 44.7 Å². The molecule has 1 saturated heterocycles. The van der Waals surface area contributed by atoms with Gasteiger partial charge in [0, 0.05) is 31.9 Å². The minimum atomic E-state index is 0.236. The Hall–Kier alpha value is -2.01. The number of nitrogens with zero attached hydrogens (tertiary/aromatic N) is 3. The average Bonchev–Trinajstić information content (AvgIpc) is 2.43. The summed E-state index contributed by atoms with van der Waals surface area (Å²) >= 11 is 0. The first kappa shape index (κ1) is 12.0. The van der Waals surface area contributed by atoms with Crippen molar-refractivity contribution in [2.24, 2.45) is 4.99 Å². The largest absolute Gasteiger partial charge is 0.506 e. The van der Waals surface area contributed by atoms with Gasteiger partial charge in [-0.3, -0.25) is 4.99 Å². The number of hydrogen-bond donors (Lipinski definition) is 1. The van der Waals surface area contributed by atoms with E-state index in [1.165, 1.54) is 0 Å². The molecule has 0 aliphatic carbocycles. The van der Waals surface area contributed by atoms with E-state index in [9.17, 15) is 5.11 Å². The molecule has 3 rings (SSSR count). The second kappa shape index (κ2) is 4.59. The molecule has 19 heavy (non-hydrogen) atoms. The molecule has 0 atom stereocenters. The van der Waals surface area contributed by atoms with Crippen LogP contribution in [0.2, 0.25) is 0 Å². The first-order valence-electron chi connectivity index (χ1n) is 6.33. The van der Waals surface area contributed by atoms with Gasteiger partial charge in [-0.25, -0.2) is 0 Å². The lowest BCUT2D eigenvalue weighted by atomic mass is 10.1. The molecule has 100 valence electrons. The van der Waals surface area contributed by atoms with E-state index >= 15 is 0 Å². The predicted octanol–water partition coefficient (Wildman–Crippen LogP) is 1.89. The van der Waals surface area contributed by atoms with E-state index < -0.39 is 0 Å². The van der Waals surface area contributed by atoms with Gasteiger partial charge >= 0.3 is 0 Å². The van der Waals surface area contributed by atoms with Gasteiger partial charge < -0.3 is 19.6 Å². The standard InChI is InChI=1S/C14H17N3O2/c1-10-9-15-12-7-11(17-3-5-19-6-4-17)8-13(18)14(12)16(10)2/h7-9,18H,1,3-6H2,2H3. The maximum atomic E-state index is 10.2. The van der Waals surface area contributed by atoms with Crippen molar-refractivity contribution in [1.82, 2.24) is 0 Å². The minimum absolute atomic E-state index is 0.236. The van der Waals surface area contributed by atoms with Crippen LogP contribution in [0.4, 0.5) is 17.1 Å². The monoisotopic (exact) mass is 259 g/mol. The number of phenols is 1. The van der Waals surface area contributed by atoms with Crippen LogP contribution < -0.4 is 9.80 Å². The van der Waals surface area contributed by atoms with Gasteiger partial charge in [0.15, 0.2) is 0 Å². The normalized spacial score (nSPS) is 18.7. The molecule has 1 fully saturated rings. The van der Waals surface area contributed by atoms with Crippen molar-refractivity contribution in [2.45, 2.75) is 0 Å². The Balaban J connectivity index is 2.01. The summed E-state index contributed by atoms with van der Waals surface area (Å²) in [7, 11) is 1.88. The number of anilines is 2. The van der Waals surface area contributed by atoms with Crippen molar-refractivity contribution in [1.29, 1.82) is 0 Å². The Morgan fingerprint density at radius 2 is 2.05 bits per heavy atom. The summed E-state index contributed by atoms with van der Waals surface area (Å²) in [5.41, 5.74) is 3.24. The quantitative estimate of drug-likeness (QED) is 0.836. The minimum Gasteiger partial charge on any atom is -0.506 e. The summed E-state index contributed by atoms with van der Waals surface area (Å²) in [5, 5.41) is 10.2. The first-order valence-corrected chi connectivity index (χ1v) is 6.33. The van der Waals surface area contributed by atoms with Crippen LogP contribution in [-0.2, 0) is 4.74 Å². The van der Waals surface area contributed by atoms with Crippen molar-refractivity contribution in [3.63, 3.8) is 0 Å². The fourth-order valence-corrected chi connectivity index (χ4v) is 2.41. The highest BCUT2D eigenvalue weighted by molar-refractivity contribution is 5.95. The van der Waals surface area contributed by atoms with E-state index in [4.69, 9.17) is 4.74 Å². The molecule has 1 N–H and O–H groups in total. The molecule has 0 amide bonds. The van der Waals surface area contributed by atoms with Crippen LogP contribution in [0.3, 0.4) is 0 Å². The predicted molar refractivity (Wildman–Crippen MR) is 76.8 cm³/mol. The summed E-state index contributed by atoms with van der Waals surface area (Å²) in [4.78, 5) is 8.40. The number of rotatable bonds is 1. The third-order valence-electron chi connectivity index (χ3n) is 3.55. The molecule has 2 aliphatic heterocycles. The average molecular weight is 259 g/mol. The number of fused-ring (bicyclic) bond motifs is 1. The maximum absolute atomic E-state index is 10.2. The number of aromatic hydroxyl groups is 1. The van der Waals surface area contributed by atoms with Gasteiger partial charge in [0.25, 0.3) is 0 Å². The van der Waals surface area contributed by atoms with Crippen molar-refractivity contribution in [2.75, 3.05) is 43.2 Å². The molecule has 0 saturated carbocycles. The van der Waals surface area contributed by atoms with Gasteiger partial charge in [0.2, 0.25) is 0 Å². The molecule has 2 aliphatic rings. The highest BCUT2D eigenvalue weighted by Crippen LogP contribution is 2.43. The van der Waals surface area contributed by atoms with Gasteiger partial charge in [-0.1, -0.05) is 6.58 Å². The van der Waals surface area contributed by atoms with E-state index in [1.54, 1.807) is 12.3 Å². The Morgan fingerprint density at radius 1 is 1.32 bits per heavy atom. The Labute approximate surface area is 112 Å². The lowest BCUT2D eigenvalue weighted by molar-refractivity contribution is 0.122. The van der Waals surface area contributed by atoms with E-state index in [2.05, 4.69) is 16.5 Å². The van der Waals surface area contributed by atoms with Gasteiger partial charge in [-0.05, 0) is 6.07 Å². The number of ether oxygens (including phenoxy) is 1. The van der Waals surface area contributed by atoms with Crippen LogP contribution in [0.15, 0.2) is 29.4 Å². The van der Waals surface area contributed by atoms with E-state index in [-0.39, 0.29) is 5.75 Å². The zero-order valence-corrected chi connectivity index (χ0v) is 11.0. The number of morpholine rings is 1. The molecule has 0 aromatic heterocycles. The molecule has 0 unspecified atom stereocenters. The maximum Gasteiger partial charge on any atom is 0.143 e. The highest BCUT2D eigenvalue weighted by Gasteiger charge is 2.21. The molecule has 2 heterocycles. The molecule has 1 aromatic carbocycles. The highest BCUT2D eigenvalue weighted by atomic mass is 16.5. The lowest BCUT2D eigenvalue weighted by Crippen LogP contribution is -2.36. The van der Waals surface area contributed by atoms with Crippen LogP contribution in [0, 0.1) is 0 Å². The second-order valence-corrected chi connectivity index (χ2v) is 4.74. The molecular formula is C14H17N3O2. The summed E-state index contributed by atoms with van der Waals surface area (Å²) in [6, 6.07) is 3.79. The third kappa shape index (κ3) is 2.06. The van der Waals surface area contributed by atoms with E-state index in [1.807, 2.05) is 18.0 Å². The van der Waals surface area contributed by atoms with Crippen LogP contribution >= 0.6 is 0 Å². The Kier molecular flexibility index (Phi) is 2.91. The van der Waals surface area contributed by atoms with Crippen molar-refractivity contribution < 1.29 is 9.84 Å². The Bertz CT molecular complexity index is 548. The van der Waals surface area contributed by atoms with E-state index in [0.29, 0.717) is 5.69 Å². The van der Waals surface area contributed by atoms with Gasteiger partial charge in [0.05, 0.1) is 30.8 Å². The van der Waals surface area contributed by atoms with Crippen LogP contribution in [0.1, 0.15) is 0 Å². The number of phenolic OH excluding ortho intramolecular Hbond substituents is 1. The molecular weight excluding hydrogens is 242 g/mol. The fourth-order valence-electron chi connectivity index (χ4n) is 2.41. The lowest BCUT2D eigenvalue weighted by Gasteiger charge is -2.31. The molecule has 5 nitrogen and oxygen atoms in total. The smallest absolute Gasteiger partial charge is 0.143 e. The molecule has 1 aromatic rings. The first-order chi connectivity index (χ1) is 9.16. The third-order valence-corrected chi connectivity index (χ3v) is 3.55. The van der Waals surface area contributed by atoms with Gasteiger partial charge in [0.1, 0.15) is 11.4 Å². The molecule has 0 radical (unpaired) electrons. The summed E-state index contributed by atoms with van der Waals surface area (Å²) in [6.07, 6.45) is 1.71. The van der Waals surface area contributed by atoms with E-state index in [0.717, 1.165) is 43.4 Å². The summed E-state index contributed by atoms with van der Waals surface area (Å²) < 4.78 is 5.34.